The van der Waals surface area contributed by atoms with Crippen molar-refractivity contribution in [1.29, 1.82) is 0 Å². The lowest BCUT2D eigenvalue weighted by atomic mass is 10.0. The zero-order valence-corrected chi connectivity index (χ0v) is 15.7. The van der Waals surface area contributed by atoms with Crippen LogP contribution in [0.1, 0.15) is 46.0 Å². The number of carbonyl (C=O) groups is 5. The van der Waals surface area contributed by atoms with Gasteiger partial charge >= 0.3 is 5.97 Å². The Balaban J connectivity index is 0.000000433. The average Bonchev–Trinajstić information content (AvgIpc) is 3.23. The molecule has 0 aromatic carbocycles. The summed E-state index contributed by atoms with van der Waals surface area (Å²) >= 11 is 0. The normalized spacial score (nSPS) is 19.7. The number of amides is 4. The molecule has 0 saturated carbocycles. The average molecular weight is 384 g/mol. The van der Waals surface area contributed by atoms with Crippen molar-refractivity contribution in [3.8, 4) is 0 Å². The summed E-state index contributed by atoms with van der Waals surface area (Å²) in [6, 6.07) is -0.943. The van der Waals surface area contributed by atoms with Crippen LogP contribution in [0.2, 0.25) is 0 Å². The minimum Gasteiger partial charge on any atom is -0.480 e. The molecule has 2 rings (SSSR count). The van der Waals surface area contributed by atoms with E-state index in [0.717, 1.165) is 19.4 Å². The first-order valence-corrected chi connectivity index (χ1v) is 9.05. The van der Waals surface area contributed by atoms with Gasteiger partial charge in [-0.3, -0.25) is 29.3 Å². The number of nitrogens with one attached hydrogen (secondary N) is 4. The molecule has 10 nitrogen and oxygen atoms in total. The molecule has 2 aliphatic heterocycles. The molecule has 2 saturated heterocycles. The molecule has 0 aromatic rings. The van der Waals surface area contributed by atoms with E-state index in [1.165, 1.54) is 0 Å². The monoisotopic (exact) mass is 384 g/mol. The van der Waals surface area contributed by atoms with E-state index in [9.17, 15) is 24.0 Å². The van der Waals surface area contributed by atoms with E-state index >= 15 is 0 Å². The smallest absolute Gasteiger partial charge is 0.322 e. The molecule has 0 aromatic heterocycles. The zero-order valence-electron chi connectivity index (χ0n) is 15.7. The summed E-state index contributed by atoms with van der Waals surface area (Å²) in [6.07, 6.45) is 2.93. The van der Waals surface area contributed by atoms with Crippen molar-refractivity contribution >= 4 is 29.6 Å². The molecule has 2 atom stereocenters. The Kier molecular flexibility index (Phi) is 9.41. The standard InChI is InChI=1S/C13H23N3O4.C4H5NO2/c1-8(2)6-10(12(19)15-7-11(17)18)16-13(20)9-4-3-5-14-9;6-3-1-2-4(7)5-3/h8-10,14H,3-7H2,1-2H3,(H,15,19)(H,16,20)(H,17,18);1-2H2,(H,5,6,7). The summed E-state index contributed by atoms with van der Waals surface area (Å²) in [5.41, 5.74) is 0. The highest BCUT2D eigenvalue weighted by Crippen LogP contribution is 2.08. The van der Waals surface area contributed by atoms with Crippen LogP contribution in [-0.4, -0.2) is 59.9 Å². The number of hydrogen-bond acceptors (Lipinski definition) is 6. The van der Waals surface area contributed by atoms with Gasteiger partial charge in [0.15, 0.2) is 0 Å². The van der Waals surface area contributed by atoms with Crippen molar-refractivity contribution in [2.45, 2.75) is 58.0 Å². The van der Waals surface area contributed by atoms with Gasteiger partial charge in [-0.1, -0.05) is 13.8 Å². The largest absolute Gasteiger partial charge is 0.480 e. The van der Waals surface area contributed by atoms with E-state index in [1.54, 1.807) is 0 Å². The third-order valence-electron chi connectivity index (χ3n) is 3.99. The maximum Gasteiger partial charge on any atom is 0.322 e. The van der Waals surface area contributed by atoms with Crippen molar-refractivity contribution in [2.75, 3.05) is 13.1 Å². The van der Waals surface area contributed by atoms with Gasteiger partial charge in [0.2, 0.25) is 23.6 Å². The van der Waals surface area contributed by atoms with Crippen LogP contribution in [0, 0.1) is 5.92 Å². The van der Waals surface area contributed by atoms with Crippen LogP contribution in [0.3, 0.4) is 0 Å². The van der Waals surface area contributed by atoms with Crippen LogP contribution in [0.5, 0.6) is 0 Å². The van der Waals surface area contributed by atoms with Crippen LogP contribution < -0.4 is 21.3 Å². The Labute approximate surface area is 157 Å². The van der Waals surface area contributed by atoms with Gasteiger partial charge in [-0.05, 0) is 31.7 Å². The van der Waals surface area contributed by atoms with Crippen molar-refractivity contribution in [3.63, 3.8) is 0 Å². The Morgan fingerprint density at radius 3 is 2.22 bits per heavy atom. The van der Waals surface area contributed by atoms with Crippen molar-refractivity contribution in [3.05, 3.63) is 0 Å². The first-order chi connectivity index (χ1) is 12.7. The van der Waals surface area contributed by atoms with Gasteiger partial charge in [0.25, 0.3) is 0 Å². The van der Waals surface area contributed by atoms with E-state index in [2.05, 4.69) is 21.3 Å². The van der Waals surface area contributed by atoms with Crippen LogP contribution in [0.25, 0.3) is 0 Å². The van der Waals surface area contributed by atoms with E-state index in [0.29, 0.717) is 19.3 Å². The minimum absolute atomic E-state index is 0.148. The second-order valence-electron chi connectivity index (χ2n) is 6.92. The summed E-state index contributed by atoms with van der Waals surface area (Å²) in [4.78, 5) is 54.6. The molecule has 2 aliphatic rings. The SMILES string of the molecule is CC(C)CC(NC(=O)C1CCCN1)C(=O)NCC(=O)O.O=C1CCC(=O)N1. The van der Waals surface area contributed by atoms with E-state index in [-0.39, 0.29) is 29.7 Å². The number of rotatable bonds is 7. The Morgan fingerprint density at radius 2 is 1.81 bits per heavy atom. The molecule has 2 fully saturated rings. The molecule has 10 heteroatoms. The van der Waals surface area contributed by atoms with Crippen LogP contribution in [0.4, 0.5) is 0 Å². The lowest BCUT2D eigenvalue weighted by molar-refractivity contribution is -0.138. The molecule has 0 aliphatic carbocycles. The maximum atomic E-state index is 12.0. The Hall–Kier alpha value is -2.49. The lowest BCUT2D eigenvalue weighted by Gasteiger charge is -2.21. The number of carboxylic acid groups (broad SMARTS) is 1. The Morgan fingerprint density at radius 1 is 1.19 bits per heavy atom. The van der Waals surface area contributed by atoms with E-state index in [1.807, 2.05) is 13.8 Å². The Bertz CT molecular complexity index is 558. The third-order valence-corrected chi connectivity index (χ3v) is 3.99. The molecule has 27 heavy (non-hydrogen) atoms. The van der Waals surface area contributed by atoms with Crippen molar-refractivity contribution < 1.29 is 29.1 Å². The lowest BCUT2D eigenvalue weighted by Crippen LogP contribution is -2.52. The van der Waals surface area contributed by atoms with E-state index < -0.39 is 24.5 Å². The molecule has 4 amide bonds. The van der Waals surface area contributed by atoms with Crippen molar-refractivity contribution in [1.82, 2.24) is 21.3 Å². The molecular weight excluding hydrogens is 356 g/mol. The molecule has 152 valence electrons. The summed E-state index contributed by atoms with van der Waals surface area (Å²) in [7, 11) is 0. The van der Waals surface area contributed by atoms with Crippen LogP contribution >= 0.6 is 0 Å². The summed E-state index contributed by atoms with van der Waals surface area (Å²) in [5, 5.41) is 18.8. The zero-order chi connectivity index (χ0) is 20.4. The third kappa shape index (κ3) is 9.13. The quantitative estimate of drug-likeness (QED) is 0.349. The molecule has 2 heterocycles. The van der Waals surface area contributed by atoms with Gasteiger partial charge in [-0.15, -0.1) is 0 Å². The second-order valence-corrected chi connectivity index (χ2v) is 6.92. The molecular formula is C17H28N4O6. The fourth-order valence-corrected chi connectivity index (χ4v) is 2.68. The number of hydrogen-bond donors (Lipinski definition) is 5. The molecule has 2 unspecified atom stereocenters. The fourth-order valence-electron chi connectivity index (χ4n) is 2.68. The number of carboxylic acids is 1. The summed E-state index contributed by atoms with van der Waals surface area (Å²) in [5.74, 6) is -1.83. The highest BCUT2D eigenvalue weighted by atomic mass is 16.4. The summed E-state index contributed by atoms with van der Waals surface area (Å²) in [6.45, 7) is 4.25. The van der Waals surface area contributed by atoms with Gasteiger partial charge in [0.05, 0.1) is 6.04 Å². The number of aliphatic carboxylic acids is 1. The van der Waals surface area contributed by atoms with Crippen LogP contribution in [-0.2, 0) is 24.0 Å². The predicted octanol–water partition coefficient (Wildman–Crippen LogP) is -1.11. The van der Waals surface area contributed by atoms with Gasteiger partial charge in [-0.25, -0.2) is 0 Å². The number of carbonyl (C=O) groups excluding carboxylic acids is 4. The summed E-state index contributed by atoms with van der Waals surface area (Å²) < 4.78 is 0. The van der Waals surface area contributed by atoms with Crippen molar-refractivity contribution in [2.24, 2.45) is 5.92 Å². The topological polar surface area (TPSA) is 154 Å². The maximum absolute atomic E-state index is 12.0. The first-order valence-electron chi connectivity index (χ1n) is 9.05. The molecule has 5 N–H and O–H groups in total. The van der Waals surface area contributed by atoms with Gasteiger partial charge in [-0.2, -0.15) is 0 Å². The minimum atomic E-state index is -1.11. The highest BCUT2D eigenvalue weighted by molar-refractivity contribution is 6.01. The predicted molar refractivity (Wildman–Crippen MR) is 95.4 cm³/mol. The first kappa shape index (κ1) is 22.6. The molecule has 0 radical (unpaired) electrons. The van der Waals surface area contributed by atoms with Gasteiger partial charge in [0.1, 0.15) is 12.6 Å². The molecule has 0 bridgehead atoms. The highest BCUT2D eigenvalue weighted by Gasteiger charge is 2.27. The van der Waals surface area contributed by atoms with Gasteiger partial charge < -0.3 is 21.1 Å². The fraction of sp³-hybridized carbons (Fsp3) is 0.706. The molecule has 0 spiro atoms. The number of imide groups is 1. The van der Waals surface area contributed by atoms with E-state index in [4.69, 9.17) is 5.11 Å². The van der Waals surface area contributed by atoms with Gasteiger partial charge in [0, 0.05) is 12.8 Å². The van der Waals surface area contributed by atoms with Crippen LogP contribution in [0.15, 0.2) is 0 Å². The second kappa shape index (κ2) is 11.3.